The van der Waals surface area contributed by atoms with Gasteiger partial charge < -0.3 is 20.9 Å². The minimum atomic E-state index is -0.910. The molecule has 0 radical (unpaired) electrons. The van der Waals surface area contributed by atoms with Crippen LogP contribution in [0.15, 0.2) is 6.07 Å². The Balaban J connectivity index is 3.08. The molecule has 0 aliphatic carbocycles. The number of ether oxygens (including phenoxy) is 1. The Morgan fingerprint density at radius 1 is 1.44 bits per heavy atom. The number of hydrogen-bond donors (Lipinski definition) is 3. The summed E-state index contributed by atoms with van der Waals surface area (Å²) in [6.07, 6.45) is 0. The van der Waals surface area contributed by atoms with E-state index in [0.29, 0.717) is 5.69 Å². The van der Waals surface area contributed by atoms with Crippen LogP contribution in [0.2, 0.25) is 0 Å². The van der Waals surface area contributed by atoms with Crippen LogP contribution in [0.1, 0.15) is 16.7 Å². The normalized spacial score (nSPS) is 12.1. The van der Waals surface area contributed by atoms with Gasteiger partial charge >= 0.3 is 0 Å². The lowest BCUT2D eigenvalue weighted by Gasteiger charge is -2.17. The highest BCUT2D eigenvalue weighted by Crippen LogP contribution is 2.31. The van der Waals surface area contributed by atoms with Gasteiger partial charge in [0, 0.05) is 5.69 Å². The number of aliphatic hydroxyl groups is 1. The van der Waals surface area contributed by atoms with E-state index in [4.69, 9.17) is 15.6 Å². The smallest absolute Gasteiger partial charge is 0.243 e. The third-order valence-corrected chi connectivity index (χ3v) is 3.02. The van der Waals surface area contributed by atoms with Crippen LogP contribution in [0, 0.1) is 20.8 Å². The van der Waals surface area contributed by atoms with E-state index in [1.165, 1.54) is 0 Å². The Hall–Kier alpha value is -1.59. The Labute approximate surface area is 107 Å². The zero-order valence-corrected chi connectivity index (χ0v) is 11.2. The summed E-state index contributed by atoms with van der Waals surface area (Å²) in [4.78, 5) is 11.6. The summed E-state index contributed by atoms with van der Waals surface area (Å²) in [5, 5.41) is 11.6. The molecule has 0 bridgehead atoms. The van der Waals surface area contributed by atoms with E-state index in [1.54, 1.807) is 7.11 Å². The highest BCUT2D eigenvalue weighted by atomic mass is 16.5. The molecule has 0 spiro atoms. The van der Waals surface area contributed by atoms with E-state index >= 15 is 0 Å². The third-order valence-electron chi connectivity index (χ3n) is 3.02. The van der Waals surface area contributed by atoms with Crippen molar-refractivity contribution in [2.75, 3.05) is 19.0 Å². The monoisotopic (exact) mass is 252 g/mol. The maximum Gasteiger partial charge on any atom is 0.243 e. The van der Waals surface area contributed by atoms with Gasteiger partial charge in [-0.2, -0.15) is 0 Å². The third kappa shape index (κ3) is 2.80. The van der Waals surface area contributed by atoms with Gasteiger partial charge in [0.2, 0.25) is 5.91 Å². The van der Waals surface area contributed by atoms with Gasteiger partial charge in [0.05, 0.1) is 13.7 Å². The lowest BCUT2D eigenvalue weighted by Crippen LogP contribution is -2.38. The Morgan fingerprint density at radius 2 is 2.06 bits per heavy atom. The number of nitrogens with one attached hydrogen (secondary N) is 1. The number of nitrogens with two attached hydrogens (primary N) is 1. The maximum atomic E-state index is 11.6. The summed E-state index contributed by atoms with van der Waals surface area (Å²) in [6.45, 7) is 5.37. The summed E-state index contributed by atoms with van der Waals surface area (Å²) < 4.78 is 5.31. The van der Waals surface area contributed by atoms with E-state index in [-0.39, 0.29) is 6.61 Å². The van der Waals surface area contributed by atoms with E-state index in [1.807, 2.05) is 26.8 Å². The molecule has 1 aromatic rings. The fraction of sp³-hybridized carbons (Fsp3) is 0.462. The summed E-state index contributed by atoms with van der Waals surface area (Å²) in [6, 6.07) is 0.926. The molecule has 1 unspecified atom stereocenters. The minimum absolute atomic E-state index is 0.376. The first-order valence-corrected chi connectivity index (χ1v) is 5.74. The predicted octanol–water partition coefficient (Wildman–Crippen LogP) is 0.879. The molecule has 0 saturated carbocycles. The molecule has 4 N–H and O–H groups in total. The van der Waals surface area contributed by atoms with Crippen molar-refractivity contribution < 1.29 is 14.6 Å². The van der Waals surface area contributed by atoms with Crippen molar-refractivity contribution in [2.24, 2.45) is 5.73 Å². The predicted molar refractivity (Wildman–Crippen MR) is 70.9 cm³/mol. The van der Waals surface area contributed by atoms with Crippen LogP contribution in [0.3, 0.4) is 0 Å². The van der Waals surface area contributed by atoms with Gasteiger partial charge in [-0.15, -0.1) is 0 Å². The number of aliphatic hydroxyl groups excluding tert-OH is 1. The van der Waals surface area contributed by atoms with Gasteiger partial charge in [-0.05, 0) is 43.5 Å². The fourth-order valence-electron chi connectivity index (χ4n) is 1.81. The molecule has 0 saturated heterocycles. The second-order valence-electron chi connectivity index (χ2n) is 4.30. The first-order valence-electron chi connectivity index (χ1n) is 5.74. The van der Waals surface area contributed by atoms with Crippen LogP contribution >= 0.6 is 0 Å². The zero-order chi connectivity index (χ0) is 13.9. The van der Waals surface area contributed by atoms with Gasteiger partial charge in [0.25, 0.3) is 0 Å². The largest absolute Gasteiger partial charge is 0.496 e. The molecule has 18 heavy (non-hydrogen) atoms. The standard InChI is InChI=1S/C13H20N2O3/c1-7-5-11(15-13(17)10(14)6-16)8(2)9(3)12(7)18-4/h5,10,16H,6,14H2,1-4H3,(H,15,17). The molecule has 1 amide bonds. The molecule has 0 heterocycles. The van der Waals surface area contributed by atoms with Crippen molar-refractivity contribution in [3.05, 3.63) is 22.8 Å². The van der Waals surface area contributed by atoms with E-state index in [0.717, 1.165) is 22.4 Å². The molecule has 0 aromatic heterocycles. The van der Waals surface area contributed by atoms with Crippen molar-refractivity contribution in [1.29, 1.82) is 0 Å². The number of rotatable bonds is 4. The summed E-state index contributed by atoms with van der Waals surface area (Å²) in [5.74, 6) is 0.418. The Kier molecular flexibility index (Phi) is 4.69. The minimum Gasteiger partial charge on any atom is -0.496 e. The fourth-order valence-corrected chi connectivity index (χ4v) is 1.81. The topological polar surface area (TPSA) is 84.6 Å². The molecule has 1 atom stereocenters. The van der Waals surface area contributed by atoms with E-state index in [2.05, 4.69) is 5.32 Å². The molecular weight excluding hydrogens is 232 g/mol. The quantitative estimate of drug-likeness (QED) is 0.742. The second-order valence-corrected chi connectivity index (χ2v) is 4.30. The summed E-state index contributed by atoms with van der Waals surface area (Å²) >= 11 is 0. The van der Waals surface area contributed by atoms with Gasteiger partial charge in [-0.25, -0.2) is 0 Å². The van der Waals surface area contributed by atoms with Crippen molar-refractivity contribution in [1.82, 2.24) is 0 Å². The molecule has 5 heteroatoms. The highest BCUT2D eigenvalue weighted by Gasteiger charge is 2.16. The molecular formula is C13H20N2O3. The number of methoxy groups -OCH3 is 1. The summed E-state index contributed by atoms with van der Waals surface area (Å²) in [5.41, 5.74) is 9.00. The second kappa shape index (κ2) is 5.84. The van der Waals surface area contributed by atoms with Crippen LogP contribution in [0.5, 0.6) is 5.75 Å². The molecule has 1 aromatic carbocycles. The van der Waals surface area contributed by atoms with Crippen LogP contribution in [0.25, 0.3) is 0 Å². The van der Waals surface area contributed by atoms with Crippen LogP contribution < -0.4 is 15.8 Å². The number of amides is 1. The van der Waals surface area contributed by atoms with Crippen LogP contribution in [-0.2, 0) is 4.79 Å². The number of carbonyl (C=O) groups excluding carboxylic acids is 1. The van der Waals surface area contributed by atoms with E-state index in [9.17, 15) is 4.79 Å². The maximum absolute atomic E-state index is 11.6. The van der Waals surface area contributed by atoms with E-state index < -0.39 is 11.9 Å². The first kappa shape index (κ1) is 14.5. The van der Waals surface area contributed by atoms with Gasteiger partial charge in [0.1, 0.15) is 11.8 Å². The molecule has 100 valence electrons. The Morgan fingerprint density at radius 3 is 2.56 bits per heavy atom. The van der Waals surface area contributed by atoms with Gasteiger partial charge in [-0.1, -0.05) is 0 Å². The molecule has 1 rings (SSSR count). The highest BCUT2D eigenvalue weighted by molar-refractivity contribution is 5.95. The number of aryl methyl sites for hydroxylation is 1. The van der Waals surface area contributed by atoms with Crippen molar-refractivity contribution in [3.63, 3.8) is 0 Å². The number of hydrogen-bond acceptors (Lipinski definition) is 4. The average Bonchev–Trinajstić information content (AvgIpc) is 2.35. The van der Waals surface area contributed by atoms with Gasteiger partial charge in [0.15, 0.2) is 0 Å². The molecule has 0 fully saturated rings. The average molecular weight is 252 g/mol. The summed E-state index contributed by atoms with van der Waals surface area (Å²) in [7, 11) is 1.62. The molecule has 5 nitrogen and oxygen atoms in total. The number of anilines is 1. The SMILES string of the molecule is COc1c(C)cc(NC(=O)C(N)CO)c(C)c1C. The van der Waals surface area contributed by atoms with Crippen molar-refractivity contribution in [3.8, 4) is 5.75 Å². The zero-order valence-electron chi connectivity index (χ0n) is 11.2. The molecule has 0 aliphatic heterocycles. The van der Waals surface area contributed by atoms with Crippen molar-refractivity contribution in [2.45, 2.75) is 26.8 Å². The van der Waals surface area contributed by atoms with Crippen molar-refractivity contribution >= 4 is 11.6 Å². The van der Waals surface area contributed by atoms with Gasteiger partial charge in [-0.3, -0.25) is 4.79 Å². The first-order chi connectivity index (χ1) is 8.42. The Bertz CT molecular complexity index is 458. The van der Waals surface area contributed by atoms with Crippen LogP contribution in [0.4, 0.5) is 5.69 Å². The van der Waals surface area contributed by atoms with Crippen LogP contribution in [-0.4, -0.2) is 30.8 Å². The molecule has 0 aliphatic rings. The lowest BCUT2D eigenvalue weighted by molar-refractivity contribution is -0.118. The lowest BCUT2D eigenvalue weighted by atomic mass is 10.0. The number of benzene rings is 1. The number of carbonyl (C=O) groups is 1.